The van der Waals surface area contributed by atoms with E-state index in [4.69, 9.17) is 10.00 Å². The lowest BCUT2D eigenvalue weighted by atomic mass is 10.1. The van der Waals surface area contributed by atoms with Crippen LogP contribution >= 0.6 is 0 Å². The average molecular weight is 374 g/mol. The van der Waals surface area contributed by atoms with Crippen LogP contribution in [0.5, 0.6) is 5.75 Å². The van der Waals surface area contributed by atoms with E-state index in [1.165, 1.54) is 0 Å². The summed E-state index contributed by atoms with van der Waals surface area (Å²) < 4.78 is 5.31. The molecule has 2 N–H and O–H groups in total. The number of amides is 2. The smallest absolute Gasteiger partial charge is 0.276 e. The highest BCUT2D eigenvalue weighted by molar-refractivity contribution is 5.99. The molecule has 0 bridgehead atoms. The van der Waals surface area contributed by atoms with Crippen LogP contribution in [0.4, 0.5) is 0 Å². The molecule has 1 heterocycles. The van der Waals surface area contributed by atoms with Crippen LogP contribution in [0.1, 0.15) is 27.2 Å². The minimum absolute atomic E-state index is 0.277. The van der Waals surface area contributed by atoms with E-state index in [2.05, 4.69) is 15.8 Å². The molecule has 0 aliphatic rings. The zero-order valence-corrected chi connectivity index (χ0v) is 15.4. The average Bonchev–Trinajstić information content (AvgIpc) is 2.70. The second-order valence-corrected chi connectivity index (χ2v) is 6.24. The number of nitrogens with one attached hydrogen (secondary N) is 2. The first-order valence-electron chi connectivity index (χ1n) is 8.56. The second-order valence-electron chi connectivity index (χ2n) is 6.24. The van der Waals surface area contributed by atoms with Gasteiger partial charge in [0.25, 0.3) is 11.8 Å². The number of carbonyl (C=O) groups is 2. The minimum Gasteiger partial charge on any atom is -0.484 e. The fraction of sp³-hybridized carbons (Fsp3) is 0.143. The zero-order chi connectivity index (χ0) is 20.1. The quantitative estimate of drug-likeness (QED) is 0.683. The van der Waals surface area contributed by atoms with Gasteiger partial charge in [-0.15, -0.1) is 0 Å². The minimum atomic E-state index is -0.514. The van der Waals surface area contributed by atoms with Gasteiger partial charge in [-0.1, -0.05) is 11.6 Å². The molecule has 0 saturated carbocycles. The monoisotopic (exact) mass is 374 g/mol. The summed E-state index contributed by atoms with van der Waals surface area (Å²) in [5.41, 5.74) is 8.01. The molecule has 0 aliphatic carbocycles. The number of nitrogens with zero attached hydrogens (tertiary/aromatic N) is 2. The predicted octanol–water partition coefficient (Wildman–Crippen LogP) is 2.56. The molecule has 0 atom stereocenters. The molecule has 2 amide bonds. The SMILES string of the molecule is Cc1ccc2nc(C)c(C(=O)NNC(=O)COc3ccc(C#N)cc3)cc2c1. The van der Waals surface area contributed by atoms with Crippen molar-refractivity contribution in [1.29, 1.82) is 5.26 Å². The predicted molar refractivity (Wildman–Crippen MR) is 103 cm³/mol. The Bertz CT molecular complexity index is 1090. The molecule has 0 unspecified atom stereocenters. The number of ether oxygens (including phenoxy) is 1. The summed E-state index contributed by atoms with van der Waals surface area (Å²) >= 11 is 0. The van der Waals surface area contributed by atoms with Gasteiger partial charge in [-0.3, -0.25) is 25.4 Å². The number of pyridine rings is 1. The van der Waals surface area contributed by atoms with Crippen LogP contribution in [0.3, 0.4) is 0 Å². The van der Waals surface area contributed by atoms with Crippen LogP contribution in [-0.2, 0) is 4.79 Å². The number of aryl methyl sites for hydroxylation is 2. The van der Waals surface area contributed by atoms with Gasteiger partial charge in [0, 0.05) is 5.39 Å². The zero-order valence-electron chi connectivity index (χ0n) is 15.4. The van der Waals surface area contributed by atoms with E-state index in [-0.39, 0.29) is 6.61 Å². The van der Waals surface area contributed by atoms with E-state index in [1.54, 1.807) is 37.3 Å². The summed E-state index contributed by atoms with van der Waals surface area (Å²) in [7, 11) is 0. The summed E-state index contributed by atoms with van der Waals surface area (Å²) in [5, 5.41) is 9.61. The van der Waals surface area contributed by atoms with Crippen molar-refractivity contribution in [3.05, 3.63) is 70.9 Å². The normalized spacial score (nSPS) is 10.2. The molecule has 0 spiro atoms. The van der Waals surface area contributed by atoms with Gasteiger partial charge in [0.2, 0.25) is 0 Å². The highest BCUT2D eigenvalue weighted by atomic mass is 16.5. The molecule has 140 valence electrons. The Morgan fingerprint density at radius 1 is 1.07 bits per heavy atom. The number of hydrazine groups is 1. The topological polar surface area (TPSA) is 104 Å². The lowest BCUT2D eigenvalue weighted by Crippen LogP contribution is -2.44. The third-order valence-electron chi connectivity index (χ3n) is 4.07. The number of hydrogen-bond donors (Lipinski definition) is 2. The van der Waals surface area contributed by atoms with Crippen LogP contribution in [-0.4, -0.2) is 23.4 Å². The van der Waals surface area contributed by atoms with Crippen molar-refractivity contribution >= 4 is 22.7 Å². The van der Waals surface area contributed by atoms with Gasteiger partial charge in [0.15, 0.2) is 6.61 Å². The summed E-state index contributed by atoms with van der Waals surface area (Å²) in [6.07, 6.45) is 0. The van der Waals surface area contributed by atoms with E-state index in [9.17, 15) is 9.59 Å². The Kier molecular flexibility index (Phi) is 5.51. The number of rotatable bonds is 4. The van der Waals surface area contributed by atoms with Crippen LogP contribution in [0, 0.1) is 25.2 Å². The molecule has 0 radical (unpaired) electrons. The van der Waals surface area contributed by atoms with E-state index in [0.29, 0.717) is 22.6 Å². The lowest BCUT2D eigenvalue weighted by Gasteiger charge is -2.11. The van der Waals surface area contributed by atoms with Gasteiger partial charge < -0.3 is 4.74 Å². The number of nitriles is 1. The van der Waals surface area contributed by atoms with Crippen molar-refractivity contribution in [1.82, 2.24) is 15.8 Å². The molecule has 3 aromatic rings. The van der Waals surface area contributed by atoms with Crippen LogP contribution in [0.15, 0.2) is 48.5 Å². The first-order chi connectivity index (χ1) is 13.5. The van der Waals surface area contributed by atoms with Crippen molar-refractivity contribution in [3.8, 4) is 11.8 Å². The Hall–Kier alpha value is -3.92. The fourth-order valence-electron chi connectivity index (χ4n) is 2.63. The Labute approximate surface area is 161 Å². The third-order valence-corrected chi connectivity index (χ3v) is 4.07. The molecular weight excluding hydrogens is 356 g/mol. The molecular formula is C21H18N4O3. The molecule has 0 saturated heterocycles. The fourth-order valence-corrected chi connectivity index (χ4v) is 2.63. The maximum atomic E-state index is 12.4. The Balaban J connectivity index is 1.58. The molecule has 0 fully saturated rings. The highest BCUT2D eigenvalue weighted by Gasteiger charge is 2.13. The number of benzene rings is 2. The van der Waals surface area contributed by atoms with Crippen LogP contribution in [0.25, 0.3) is 10.9 Å². The molecule has 3 rings (SSSR count). The van der Waals surface area contributed by atoms with Gasteiger partial charge in [-0.2, -0.15) is 5.26 Å². The van der Waals surface area contributed by atoms with Crippen molar-refractivity contribution in [2.24, 2.45) is 0 Å². The first-order valence-corrected chi connectivity index (χ1v) is 8.56. The van der Waals surface area contributed by atoms with Gasteiger partial charge in [0.05, 0.1) is 28.4 Å². The molecule has 7 nitrogen and oxygen atoms in total. The maximum Gasteiger partial charge on any atom is 0.276 e. The van der Waals surface area contributed by atoms with E-state index in [1.807, 2.05) is 31.2 Å². The van der Waals surface area contributed by atoms with Crippen molar-refractivity contribution in [2.75, 3.05) is 6.61 Å². The molecule has 28 heavy (non-hydrogen) atoms. The van der Waals surface area contributed by atoms with Crippen molar-refractivity contribution in [2.45, 2.75) is 13.8 Å². The van der Waals surface area contributed by atoms with Gasteiger partial charge in [0.1, 0.15) is 5.75 Å². The number of fused-ring (bicyclic) bond motifs is 1. The third kappa shape index (κ3) is 4.43. The largest absolute Gasteiger partial charge is 0.484 e. The standard InChI is InChI=1S/C21H18N4O3/c1-13-3-8-19-16(9-13)10-18(14(2)23-19)21(27)25-24-20(26)12-28-17-6-4-15(11-22)5-7-17/h3-10H,12H2,1-2H3,(H,24,26)(H,25,27). The Morgan fingerprint density at radius 3 is 2.54 bits per heavy atom. The maximum absolute atomic E-state index is 12.4. The number of carbonyl (C=O) groups excluding carboxylic acids is 2. The first kappa shape index (κ1) is 18.9. The number of hydrogen-bond acceptors (Lipinski definition) is 5. The van der Waals surface area contributed by atoms with E-state index >= 15 is 0 Å². The van der Waals surface area contributed by atoms with Crippen molar-refractivity contribution in [3.63, 3.8) is 0 Å². The highest BCUT2D eigenvalue weighted by Crippen LogP contribution is 2.18. The molecule has 1 aromatic heterocycles. The summed E-state index contributed by atoms with van der Waals surface area (Å²) in [5.74, 6) is -0.523. The summed E-state index contributed by atoms with van der Waals surface area (Å²) in [4.78, 5) is 28.7. The van der Waals surface area contributed by atoms with Crippen LogP contribution in [0.2, 0.25) is 0 Å². The summed E-state index contributed by atoms with van der Waals surface area (Å²) in [6.45, 7) is 3.43. The Morgan fingerprint density at radius 2 is 1.82 bits per heavy atom. The molecule has 0 aliphatic heterocycles. The van der Waals surface area contributed by atoms with Crippen LogP contribution < -0.4 is 15.6 Å². The van der Waals surface area contributed by atoms with E-state index in [0.717, 1.165) is 16.5 Å². The second kappa shape index (κ2) is 8.18. The van der Waals surface area contributed by atoms with Gasteiger partial charge in [-0.25, -0.2) is 0 Å². The molecule has 2 aromatic carbocycles. The molecule has 7 heteroatoms. The van der Waals surface area contributed by atoms with Gasteiger partial charge >= 0.3 is 0 Å². The van der Waals surface area contributed by atoms with Crippen molar-refractivity contribution < 1.29 is 14.3 Å². The summed E-state index contributed by atoms with van der Waals surface area (Å²) in [6, 6.07) is 15.9. The lowest BCUT2D eigenvalue weighted by molar-refractivity contribution is -0.123. The van der Waals surface area contributed by atoms with Gasteiger partial charge in [-0.05, 0) is 56.3 Å². The van der Waals surface area contributed by atoms with E-state index < -0.39 is 11.8 Å². The number of aromatic nitrogens is 1.